The van der Waals surface area contributed by atoms with E-state index in [4.69, 9.17) is 5.73 Å². The number of hydrogen-bond donors (Lipinski definition) is 1. The molecule has 0 radical (unpaired) electrons. The van der Waals surface area contributed by atoms with Crippen LogP contribution in [0.4, 0.5) is 0 Å². The molecule has 0 unspecified atom stereocenters. The molecule has 1 rings (SSSR count). The van der Waals surface area contributed by atoms with Crippen LogP contribution in [0.3, 0.4) is 0 Å². The lowest BCUT2D eigenvalue weighted by Gasteiger charge is -2.33. The van der Waals surface area contributed by atoms with Crippen molar-refractivity contribution in [1.82, 2.24) is 4.90 Å². The van der Waals surface area contributed by atoms with Gasteiger partial charge >= 0.3 is 0 Å². The van der Waals surface area contributed by atoms with Crippen LogP contribution in [0.25, 0.3) is 0 Å². The molecule has 0 aromatic heterocycles. The number of hydrogen-bond acceptors (Lipinski definition) is 2. The first kappa shape index (κ1) is 16.5. The van der Waals surface area contributed by atoms with Crippen LogP contribution >= 0.6 is 0 Å². The first-order chi connectivity index (χ1) is 9.15. The van der Waals surface area contributed by atoms with Crippen molar-refractivity contribution in [3.63, 3.8) is 0 Å². The molecule has 1 aliphatic rings. The van der Waals surface area contributed by atoms with Crippen molar-refractivity contribution in [3.8, 4) is 0 Å². The van der Waals surface area contributed by atoms with Gasteiger partial charge < -0.3 is 10.6 Å². The lowest BCUT2D eigenvalue weighted by molar-refractivity contribution is -0.137. The van der Waals surface area contributed by atoms with Gasteiger partial charge in [-0.1, -0.05) is 26.7 Å². The van der Waals surface area contributed by atoms with E-state index in [-0.39, 0.29) is 5.92 Å². The molecule has 1 aliphatic carbocycles. The smallest absolute Gasteiger partial charge is 0.225 e. The zero-order valence-corrected chi connectivity index (χ0v) is 13.0. The van der Waals surface area contributed by atoms with E-state index in [2.05, 4.69) is 25.7 Å². The summed E-state index contributed by atoms with van der Waals surface area (Å²) in [5.74, 6) is 1.96. The minimum Gasteiger partial charge on any atom is -0.342 e. The molecule has 0 heterocycles. The highest BCUT2D eigenvalue weighted by atomic mass is 16.2. The molecule has 0 spiro atoms. The van der Waals surface area contributed by atoms with Crippen LogP contribution in [-0.2, 0) is 4.79 Å². The Morgan fingerprint density at radius 1 is 1.16 bits per heavy atom. The van der Waals surface area contributed by atoms with Crippen molar-refractivity contribution in [2.45, 2.75) is 59.3 Å². The third-order valence-electron chi connectivity index (χ3n) is 4.86. The minimum atomic E-state index is 0.261. The van der Waals surface area contributed by atoms with Crippen molar-refractivity contribution in [2.24, 2.45) is 23.5 Å². The SMILES string of the molecule is CCC(CC)CN(CC)C(=O)C1CCC(CN)CC1. The van der Waals surface area contributed by atoms with Crippen LogP contribution in [-0.4, -0.2) is 30.4 Å². The third-order valence-corrected chi connectivity index (χ3v) is 4.86. The Hall–Kier alpha value is -0.570. The number of nitrogens with two attached hydrogens (primary N) is 1. The van der Waals surface area contributed by atoms with Gasteiger partial charge in [-0.25, -0.2) is 0 Å². The highest BCUT2D eigenvalue weighted by Gasteiger charge is 2.29. The van der Waals surface area contributed by atoms with Gasteiger partial charge in [0.15, 0.2) is 0 Å². The maximum absolute atomic E-state index is 12.6. The summed E-state index contributed by atoms with van der Waals surface area (Å²) in [6, 6.07) is 0. The average Bonchev–Trinajstić information content (AvgIpc) is 2.48. The fraction of sp³-hybridized carbons (Fsp3) is 0.938. The van der Waals surface area contributed by atoms with Gasteiger partial charge in [0.2, 0.25) is 5.91 Å². The van der Waals surface area contributed by atoms with E-state index in [1.54, 1.807) is 0 Å². The van der Waals surface area contributed by atoms with Crippen LogP contribution in [0.2, 0.25) is 0 Å². The van der Waals surface area contributed by atoms with Crippen LogP contribution in [0.5, 0.6) is 0 Å². The molecule has 1 amide bonds. The van der Waals surface area contributed by atoms with Gasteiger partial charge in [0.05, 0.1) is 0 Å². The van der Waals surface area contributed by atoms with Crippen molar-refractivity contribution in [1.29, 1.82) is 0 Å². The molecule has 1 saturated carbocycles. The molecule has 2 N–H and O–H groups in total. The van der Waals surface area contributed by atoms with Gasteiger partial charge in [-0.15, -0.1) is 0 Å². The molecule has 112 valence electrons. The van der Waals surface area contributed by atoms with E-state index >= 15 is 0 Å². The first-order valence-electron chi connectivity index (χ1n) is 8.14. The molecule has 19 heavy (non-hydrogen) atoms. The normalized spacial score (nSPS) is 23.6. The summed E-state index contributed by atoms with van der Waals surface area (Å²) in [5, 5.41) is 0. The Morgan fingerprint density at radius 2 is 1.74 bits per heavy atom. The molecule has 1 fully saturated rings. The van der Waals surface area contributed by atoms with Crippen molar-refractivity contribution in [3.05, 3.63) is 0 Å². The van der Waals surface area contributed by atoms with Gasteiger partial charge in [-0.05, 0) is 51.0 Å². The zero-order valence-electron chi connectivity index (χ0n) is 13.0. The van der Waals surface area contributed by atoms with Crippen LogP contribution in [0.15, 0.2) is 0 Å². The maximum Gasteiger partial charge on any atom is 0.225 e. The Morgan fingerprint density at radius 3 is 2.16 bits per heavy atom. The van der Waals surface area contributed by atoms with Crippen LogP contribution < -0.4 is 5.73 Å². The van der Waals surface area contributed by atoms with Crippen molar-refractivity contribution >= 4 is 5.91 Å². The second-order valence-electron chi connectivity index (χ2n) is 6.01. The number of carbonyl (C=O) groups is 1. The Labute approximate surface area is 118 Å². The summed E-state index contributed by atoms with van der Waals surface area (Å²) >= 11 is 0. The standard InChI is InChI=1S/C16H32N2O/c1-4-13(5-2)12-18(6-3)16(19)15-9-7-14(11-17)8-10-15/h13-15H,4-12,17H2,1-3H3. The summed E-state index contributed by atoms with van der Waals surface area (Å²) in [6.07, 6.45) is 6.69. The van der Waals surface area contributed by atoms with Gasteiger partial charge in [-0.3, -0.25) is 4.79 Å². The second-order valence-corrected chi connectivity index (χ2v) is 6.01. The van der Waals surface area contributed by atoms with E-state index in [1.165, 1.54) is 12.8 Å². The molecule has 0 saturated heterocycles. The Kier molecular flexibility index (Phi) is 7.44. The Balaban J connectivity index is 2.49. The van der Waals surface area contributed by atoms with Gasteiger partial charge in [0.1, 0.15) is 0 Å². The maximum atomic E-state index is 12.6. The fourth-order valence-corrected chi connectivity index (χ4v) is 3.14. The summed E-state index contributed by atoms with van der Waals surface area (Å²) in [7, 11) is 0. The fourth-order valence-electron chi connectivity index (χ4n) is 3.14. The van der Waals surface area contributed by atoms with Crippen LogP contribution in [0.1, 0.15) is 59.3 Å². The quantitative estimate of drug-likeness (QED) is 0.771. The van der Waals surface area contributed by atoms with E-state index in [1.807, 2.05) is 0 Å². The van der Waals surface area contributed by atoms with Crippen molar-refractivity contribution in [2.75, 3.05) is 19.6 Å². The molecule has 3 nitrogen and oxygen atoms in total. The monoisotopic (exact) mass is 268 g/mol. The summed E-state index contributed by atoms with van der Waals surface area (Å²) in [6.45, 7) is 9.13. The predicted octanol–water partition coefficient (Wildman–Crippen LogP) is 3.04. The molecular formula is C16H32N2O. The van der Waals surface area contributed by atoms with E-state index < -0.39 is 0 Å². The molecule has 0 atom stereocenters. The number of nitrogens with zero attached hydrogens (tertiary/aromatic N) is 1. The summed E-state index contributed by atoms with van der Waals surface area (Å²) in [5.41, 5.74) is 5.72. The van der Waals surface area contributed by atoms with E-state index in [0.29, 0.717) is 17.7 Å². The largest absolute Gasteiger partial charge is 0.342 e. The highest BCUT2D eigenvalue weighted by molar-refractivity contribution is 5.78. The average molecular weight is 268 g/mol. The molecule has 0 aromatic carbocycles. The minimum absolute atomic E-state index is 0.261. The molecular weight excluding hydrogens is 236 g/mol. The number of carbonyl (C=O) groups excluding carboxylic acids is 1. The van der Waals surface area contributed by atoms with E-state index in [9.17, 15) is 4.79 Å². The van der Waals surface area contributed by atoms with Crippen LogP contribution in [0, 0.1) is 17.8 Å². The molecule has 0 aromatic rings. The van der Waals surface area contributed by atoms with Gasteiger partial charge in [-0.2, -0.15) is 0 Å². The molecule has 0 aliphatic heterocycles. The Bertz CT molecular complexity index is 255. The predicted molar refractivity (Wildman–Crippen MR) is 80.8 cm³/mol. The summed E-state index contributed by atoms with van der Waals surface area (Å²) < 4.78 is 0. The lowest BCUT2D eigenvalue weighted by atomic mass is 9.81. The second kappa shape index (κ2) is 8.57. The van der Waals surface area contributed by atoms with Gasteiger partial charge in [0, 0.05) is 19.0 Å². The summed E-state index contributed by atoms with van der Waals surface area (Å²) in [4.78, 5) is 14.7. The highest BCUT2D eigenvalue weighted by Crippen LogP contribution is 2.29. The van der Waals surface area contributed by atoms with Crippen molar-refractivity contribution < 1.29 is 4.79 Å². The first-order valence-corrected chi connectivity index (χ1v) is 8.14. The zero-order chi connectivity index (χ0) is 14.3. The molecule has 0 bridgehead atoms. The lowest BCUT2D eigenvalue weighted by Crippen LogP contribution is -2.40. The number of rotatable bonds is 7. The van der Waals surface area contributed by atoms with E-state index in [0.717, 1.165) is 45.3 Å². The molecule has 3 heteroatoms. The topological polar surface area (TPSA) is 46.3 Å². The third kappa shape index (κ3) is 4.79. The number of amides is 1. The van der Waals surface area contributed by atoms with Gasteiger partial charge in [0.25, 0.3) is 0 Å².